The first-order chi connectivity index (χ1) is 9.42. The van der Waals surface area contributed by atoms with E-state index in [0.717, 1.165) is 22.0 Å². The van der Waals surface area contributed by atoms with Gasteiger partial charge in [0.05, 0.1) is 11.3 Å². The molecule has 0 saturated heterocycles. The number of aryl methyl sites for hydroxylation is 4. The molecule has 20 heavy (non-hydrogen) atoms. The number of nitrogens with two attached hydrogens (primary N) is 1. The second-order valence-electron chi connectivity index (χ2n) is 4.60. The van der Waals surface area contributed by atoms with Crippen LogP contribution in [0.25, 0.3) is 0 Å². The molecule has 0 bridgehead atoms. The van der Waals surface area contributed by atoms with Crippen molar-refractivity contribution < 1.29 is 5.21 Å². The van der Waals surface area contributed by atoms with Gasteiger partial charge in [-0.05, 0) is 50.2 Å². The van der Waals surface area contributed by atoms with Crippen molar-refractivity contribution in [1.82, 2.24) is 14.8 Å². The molecule has 7 heteroatoms. The van der Waals surface area contributed by atoms with Gasteiger partial charge in [-0.25, -0.2) is 4.98 Å². The number of oxime groups is 1. The van der Waals surface area contributed by atoms with E-state index < -0.39 is 0 Å². The fourth-order valence-electron chi connectivity index (χ4n) is 2.02. The van der Waals surface area contributed by atoms with Gasteiger partial charge in [0.25, 0.3) is 0 Å². The lowest BCUT2D eigenvalue weighted by Gasteiger charge is -2.11. The molecule has 0 aliphatic heterocycles. The maximum atomic E-state index is 8.94. The molecule has 0 aromatic carbocycles. The molecule has 2 rings (SSSR count). The summed E-state index contributed by atoms with van der Waals surface area (Å²) in [6.07, 6.45) is 0. The van der Waals surface area contributed by atoms with Gasteiger partial charge < -0.3 is 10.9 Å². The van der Waals surface area contributed by atoms with E-state index >= 15 is 0 Å². The fraction of sp³-hybridized carbons (Fsp3) is 0.308. The van der Waals surface area contributed by atoms with Gasteiger partial charge in [0.1, 0.15) is 10.1 Å². The van der Waals surface area contributed by atoms with Gasteiger partial charge in [-0.15, -0.1) is 0 Å². The molecule has 0 radical (unpaired) electrons. The summed E-state index contributed by atoms with van der Waals surface area (Å²) in [5.74, 6) is 0.0661. The van der Waals surface area contributed by atoms with E-state index in [1.807, 2.05) is 40.0 Å². The van der Waals surface area contributed by atoms with Crippen LogP contribution < -0.4 is 5.73 Å². The van der Waals surface area contributed by atoms with Crippen molar-refractivity contribution in [1.29, 1.82) is 0 Å². The molecule has 0 aliphatic rings. The summed E-state index contributed by atoms with van der Waals surface area (Å²) in [6.45, 7) is 5.77. The van der Waals surface area contributed by atoms with Crippen LogP contribution >= 0.6 is 11.8 Å². The summed E-state index contributed by atoms with van der Waals surface area (Å²) in [6, 6.07) is 3.88. The van der Waals surface area contributed by atoms with Crippen molar-refractivity contribution in [3.05, 3.63) is 34.6 Å². The molecule has 0 saturated carbocycles. The van der Waals surface area contributed by atoms with Crippen LogP contribution in [0.2, 0.25) is 0 Å². The van der Waals surface area contributed by atoms with Gasteiger partial charge in [0, 0.05) is 12.7 Å². The van der Waals surface area contributed by atoms with Crippen molar-refractivity contribution in [2.75, 3.05) is 0 Å². The first-order valence-electron chi connectivity index (χ1n) is 6.07. The Balaban J connectivity index is 2.53. The molecule has 0 spiro atoms. The molecule has 2 aromatic rings. The molecule has 6 nitrogen and oxygen atoms in total. The molecule has 0 atom stereocenters. The van der Waals surface area contributed by atoms with Crippen LogP contribution in [0.5, 0.6) is 0 Å². The Hall–Kier alpha value is -2.02. The Morgan fingerprint density at radius 3 is 2.55 bits per heavy atom. The number of pyridine rings is 1. The summed E-state index contributed by atoms with van der Waals surface area (Å²) in [5, 5.41) is 18.0. The van der Waals surface area contributed by atoms with E-state index in [9.17, 15) is 0 Å². The summed E-state index contributed by atoms with van der Waals surface area (Å²) in [4.78, 5) is 4.50. The first kappa shape index (κ1) is 14.4. The normalized spacial score (nSPS) is 11.9. The second-order valence-corrected chi connectivity index (χ2v) is 5.60. The minimum Gasteiger partial charge on any atom is -0.409 e. The molecule has 106 valence electrons. The Bertz CT molecular complexity index is 678. The topological polar surface area (TPSA) is 89.3 Å². The highest BCUT2D eigenvalue weighted by Gasteiger charge is 2.16. The van der Waals surface area contributed by atoms with Crippen molar-refractivity contribution >= 4 is 17.6 Å². The molecular weight excluding hydrogens is 274 g/mol. The highest BCUT2D eigenvalue weighted by Crippen LogP contribution is 2.30. The average Bonchev–Trinajstić information content (AvgIpc) is 2.66. The van der Waals surface area contributed by atoms with Gasteiger partial charge in [-0.1, -0.05) is 5.16 Å². The van der Waals surface area contributed by atoms with Crippen molar-refractivity contribution in [2.24, 2.45) is 17.9 Å². The van der Waals surface area contributed by atoms with Gasteiger partial charge >= 0.3 is 0 Å². The standard InChI is InChI=1S/C13H17N5OS/c1-7-5-8(2)15-13(11(7)12(14)17-19)20-10-6-9(3)16-18(10)4/h5-6,19H,1-4H3,(H2,14,17). The van der Waals surface area contributed by atoms with Gasteiger partial charge in [0.2, 0.25) is 0 Å². The largest absolute Gasteiger partial charge is 0.409 e. The smallest absolute Gasteiger partial charge is 0.173 e. The summed E-state index contributed by atoms with van der Waals surface area (Å²) < 4.78 is 1.79. The minimum atomic E-state index is 0.0661. The molecule has 0 fully saturated rings. The predicted molar refractivity (Wildman–Crippen MR) is 78.3 cm³/mol. The number of amidine groups is 1. The first-order valence-corrected chi connectivity index (χ1v) is 6.88. The number of aromatic nitrogens is 3. The van der Waals surface area contributed by atoms with Crippen LogP contribution in [0.15, 0.2) is 27.3 Å². The third kappa shape index (κ3) is 2.77. The van der Waals surface area contributed by atoms with E-state index in [-0.39, 0.29) is 5.84 Å². The quantitative estimate of drug-likeness (QED) is 0.391. The van der Waals surface area contributed by atoms with Gasteiger partial charge in [0.15, 0.2) is 5.84 Å². The Morgan fingerprint density at radius 2 is 2.00 bits per heavy atom. The highest BCUT2D eigenvalue weighted by atomic mass is 32.2. The Morgan fingerprint density at radius 1 is 1.30 bits per heavy atom. The van der Waals surface area contributed by atoms with E-state index in [4.69, 9.17) is 10.9 Å². The lowest BCUT2D eigenvalue weighted by atomic mass is 10.1. The fourth-order valence-corrected chi connectivity index (χ4v) is 3.18. The number of nitrogens with zero attached hydrogens (tertiary/aromatic N) is 4. The Labute approximate surface area is 121 Å². The summed E-state index contributed by atoms with van der Waals surface area (Å²) >= 11 is 1.45. The molecule has 0 amide bonds. The third-order valence-corrected chi connectivity index (χ3v) is 3.92. The third-order valence-electron chi connectivity index (χ3n) is 2.84. The number of rotatable bonds is 3. The van der Waals surface area contributed by atoms with Crippen molar-refractivity contribution in [3.8, 4) is 0 Å². The lowest BCUT2D eigenvalue weighted by Crippen LogP contribution is -2.17. The van der Waals surface area contributed by atoms with Crippen LogP contribution in [0.3, 0.4) is 0 Å². The van der Waals surface area contributed by atoms with Crippen LogP contribution in [0.4, 0.5) is 0 Å². The zero-order chi connectivity index (χ0) is 14.9. The average molecular weight is 291 g/mol. The summed E-state index contributed by atoms with van der Waals surface area (Å²) in [7, 11) is 1.88. The Kier molecular flexibility index (Phi) is 3.99. The molecule has 2 heterocycles. The molecule has 3 N–H and O–H groups in total. The lowest BCUT2D eigenvalue weighted by molar-refractivity contribution is 0.318. The molecule has 2 aromatic heterocycles. The molecule has 0 aliphatic carbocycles. The van der Waals surface area contributed by atoms with E-state index in [1.54, 1.807) is 4.68 Å². The van der Waals surface area contributed by atoms with Crippen LogP contribution in [-0.2, 0) is 7.05 Å². The predicted octanol–water partition coefficient (Wildman–Crippen LogP) is 1.99. The van der Waals surface area contributed by atoms with Crippen molar-refractivity contribution in [2.45, 2.75) is 30.8 Å². The highest BCUT2D eigenvalue weighted by molar-refractivity contribution is 7.99. The van der Waals surface area contributed by atoms with Gasteiger partial charge in [-0.3, -0.25) is 4.68 Å². The maximum Gasteiger partial charge on any atom is 0.173 e. The molecular formula is C13H17N5OS. The van der Waals surface area contributed by atoms with Crippen LogP contribution in [-0.4, -0.2) is 25.8 Å². The van der Waals surface area contributed by atoms with Crippen LogP contribution in [0.1, 0.15) is 22.5 Å². The maximum absolute atomic E-state index is 8.94. The summed E-state index contributed by atoms with van der Waals surface area (Å²) in [5.41, 5.74) is 9.17. The molecule has 0 unspecified atom stereocenters. The zero-order valence-electron chi connectivity index (χ0n) is 11.9. The van der Waals surface area contributed by atoms with Crippen LogP contribution in [0, 0.1) is 20.8 Å². The van der Waals surface area contributed by atoms with E-state index in [1.165, 1.54) is 11.8 Å². The SMILES string of the molecule is Cc1cc(C)c(C(N)=NO)c(Sc2cc(C)nn2C)n1. The minimum absolute atomic E-state index is 0.0661. The van der Waals surface area contributed by atoms with Gasteiger partial charge in [-0.2, -0.15) is 5.10 Å². The number of hydrogen-bond acceptors (Lipinski definition) is 5. The number of hydrogen-bond donors (Lipinski definition) is 2. The second kappa shape index (κ2) is 5.54. The van der Waals surface area contributed by atoms with E-state index in [2.05, 4.69) is 15.2 Å². The van der Waals surface area contributed by atoms with Crippen molar-refractivity contribution in [3.63, 3.8) is 0 Å². The zero-order valence-corrected chi connectivity index (χ0v) is 12.7. The van der Waals surface area contributed by atoms with E-state index in [0.29, 0.717) is 10.6 Å². The monoisotopic (exact) mass is 291 g/mol.